The first-order valence-electron chi connectivity index (χ1n) is 9.50. The first-order chi connectivity index (χ1) is 13.7. The van der Waals surface area contributed by atoms with Gasteiger partial charge in [0.15, 0.2) is 0 Å². The summed E-state index contributed by atoms with van der Waals surface area (Å²) in [5.74, 6) is 0.602. The predicted octanol–water partition coefficient (Wildman–Crippen LogP) is 2.65. The van der Waals surface area contributed by atoms with Gasteiger partial charge in [-0.05, 0) is 30.5 Å². The molecule has 0 spiro atoms. The van der Waals surface area contributed by atoms with Crippen LogP contribution in [0.3, 0.4) is 0 Å². The number of aromatic nitrogens is 1. The van der Waals surface area contributed by atoms with Gasteiger partial charge in [-0.3, -0.25) is 4.79 Å². The van der Waals surface area contributed by atoms with Crippen LogP contribution in [0.2, 0.25) is 0 Å². The van der Waals surface area contributed by atoms with E-state index in [4.69, 9.17) is 4.74 Å². The Morgan fingerprint density at radius 3 is 2.50 bits per heavy atom. The Kier molecular flexibility index (Phi) is 6.84. The lowest BCUT2D eigenvalue weighted by Gasteiger charge is -2.33. The zero-order valence-electron chi connectivity index (χ0n) is 16.0. The van der Waals surface area contributed by atoms with Crippen LogP contribution >= 0.6 is 0 Å². The molecule has 28 heavy (non-hydrogen) atoms. The Labute approximate surface area is 165 Å². The van der Waals surface area contributed by atoms with Crippen molar-refractivity contribution in [3.05, 3.63) is 60.3 Å². The number of hydrogen-bond acceptors (Lipinski definition) is 5. The highest BCUT2D eigenvalue weighted by atomic mass is 16.5. The van der Waals surface area contributed by atoms with Crippen molar-refractivity contribution in [2.75, 3.05) is 25.1 Å². The number of piperidine rings is 1. The SMILES string of the molecule is COC(=O)C[C@@H](NC(=O)NC1CCN(c2ccccn2)CC1)c1ccccc1. The number of nitrogens with one attached hydrogen (secondary N) is 2. The maximum Gasteiger partial charge on any atom is 0.315 e. The number of esters is 1. The van der Waals surface area contributed by atoms with Gasteiger partial charge in [0, 0.05) is 25.3 Å². The van der Waals surface area contributed by atoms with Gasteiger partial charge in [0.2, 0.25) is 0 Å². The van der Waals surface area contributed by atoms with E-state index in [1.165, 1.54) is 7.11 Å². The maximum atomic E-state index is 12.5. The molecule has 2 heterocycles. The number of methoxy groups -OCH3 is 1. The molecule has 7 heteroatoms. The van der Waals surface area contributed by atoms with Crippen LogP contribution in [0.25, 0.3) is 0 Å². The molecule has 2 aromatic rings. The van der Waals surface area contributed by atoms with Gasteiger partial charge >= 0.3 is 12.0 Å². The molecule has 7 nitrogen and oxygen atoms in total. The molecule has 148 valence electrons. The van der Waals surface area contributed by atoms with Gasteiger partial charge in [-0.1, -0.05) is 36.4 Å². The molecule has 0 saturated carbocycles. The van der Waals surface area contributed by atoms with Crippen molar-refractivity contribution in [1.29, 1.82) is 0 Å². The normalized spacial score (nSPS) is 15.5. The fourth-order valence-corrected chi connectivity index (χ4v) is 3.37. The molecule has 1 aliphatic rings. The summed E-state index contributed by atoms with van der Waals surface area (Å²) < 4.78 is 4.77. The van der Waals surface area contributed by atoms with E-state index in [1.54, 1.807) is 6.20 Å². The summed E-state index contributed by atoms with van der Waals surface area (Å²) in [7, 11) is 1.35. The molecule has 0 unspecified atom stereocenters. The fraction of sp³-hybridized carbons (Fsp3) is 0.381. The minimum absolute atomic E-state index is 0.0893. The topological polar surface area (TPSA) is 83.6 Å². The van der Waals surface area contributed by atoms with E-state index in [1.807, 2.05) is 48.5 Å². The van der Waals surface area contributed by atoms with Gasteiger partial charge < -0.3 is 20.3 Å². The Morgan fingerprint density at radius 1 is 1.14 bits per heavy atom. The fourth-order valence-electron chi connectivity index (χ4n) is 3.37. The summed E-state index contributed by atoms with van der Waals surface area (Å²) in [4.78, 5) is 30.9. The van der Waals surface area contributed by atoms with Gasteiger partial charge in [-0.15, -0.1) is 0 Å². The number of hydrogen-bond donors (Lipinski definition) is 2. The molecule has 3 rings (SSSR count). The molecule has 0 radical (unpaired) electrons. The number of carbonyl (C=O) groups is 2. The van der Waals surface area contributed by atoms with E-state index in [0.29, 0.717) is 0 Å². The smallest absolute Gasteiger partial charge is 0.315 e. The number of urea groups is 1. The molecule has 1 fully saturated rings. The minimum Gasteiger partial charge on any atom is -0.469 e. The number of pyridine rings is 1. The number of nitrogens with zero attached hydrogens (tertiary/aromatic N) is 2. The summed E-state index contributed by atoms with van der Waals surface area (Å²) in [6.07, 6.45) is 3.57. The molecule has 1 aromatic heterocycles. The number of amides is 2. The van der Waals surface area contributed by atoms with Crippen LogP contribution in [-0.2, 0) is 9.53 Å². The largest absolute Gasteiger partial charge is 0.469 e. The number of rotatable bonds is 6. The van der Waals surface area contributed by atoms with Crippen LogP contribution in [0, 0.1) is 0 Å². The van der Waals surface area contributed by atoms with Crippen LogP contribution in [-0.4, -0.2) is 43.2 Å². The molecule has 2 amide bonds. The lowest BCUT2D eigenvalue weighted by Crippen LogP contribution is -2.49. The quantitative estimate of drug-likeness (QED) is 0.751. The van der Waals surface area contributed by atoms with Gasteiger partial charge in [0.25, 0.3) is 0 Å². The maximum absolute atomic E-state index is 12.5. The summed E-state index contributed by atoms with van der Waals surface area (Å²) in [6.45, 7) is 1.68. The first kappa shape index (κ1) is 19.7. The molecule has 1 saturated heterocycles. The van der Waals surface area contributed by atoms with Crippen molar-refractivity contribution in [2.45, 2.75) is 31.3 Å². The van der Waals surface area contributed by atoms with Crippen LogP contribution in [0.15, 0.2) is 54.7 Å². The average molecular weight is 382 g/mol. The molecule has 2 N–H and O–H groups in total. The van der Waals surface area contributed by atoms with E-state index in [0.717, 1.165) is 37.3 Å². The van der Waals surface area contributed by atoms with E-state index in [2.05, 4.69) is 20.5 Å². The molecule has 1 aliphatic heterocycles. The summed E-state index contributed by atoms with van der Waals surface area (Å²) in [5, 5.41) is 5.95. The molecule has 1 atom stereocenters. The molecule has 0 bridgehead atoms. The Morgan fingerprint density at radius 2 is 1.86 bits per heavy atom. The van der Waals surface area contributed by atoms with E-state index in [9.17, 15) is 9.59 Å². The first-order valence-corrected chi connectivity index (χ1v) is 9.50. The second-order valence-corrected chi connectivity index (χ2v) is 6.81. The standard InChI is InChI=1S/C21H26N4O3/c1-28-20(26)15-18(16-7-3-2-4-8-16)24-21(27)23-17-10-13-25(14-11-17)19-9-5-6-12-22-19/h2-9,12,17-18H,10-11,13-15H2,1H3,(H2,23,24,27)/t18-/m1/s1. The van der Waals surface area contributed by atoms with Crippen LogP contribution < -0.4 is 15.5 Å². The van der Waals surface area contributed by atoms with Gasteiger partial charge in [0.1, 0.15) is 5.82 Å². The Balaban J connectivity index is 1.53. The van der Waals surface area contributed by atoms with E-state index in [-0.39, 0.29) is 24.5 Å². The summed E-state index contributed by atoms with van der Waals surface area (Å²) in [5.41, 5.74) is 0.869. The molecule has 0 aliphatic carbocycles. The Hall–Kier alpha value is -3.09. The third-order valence-electron chi connectivity index (χ3n) is 4.91. The second-order valence-electron chi connectivity index (χ2n) is 6.81. The van der Waals surface area contributed by atoms with Crippen LogP contribution in [0.4, 0.5) is 10.6 Å². The zero-order chi connectivity index (χ0) is 19.8. The number of anilines is 1. The molecular formula is C21H26N4O3. The van der Waals surface area contributed by atoms with Gasteiger partial charge in [-0.2, -0.15) is 0 Å². The van der Waals surface area contributed by atoms with Crippen LogP contribution in [0.1, 0.15) is 30.9 Å². The summed E-state index contributed by atoms with van der Waals surface area (Å²) >= 11 is 0. The lowest BCUT2D eigenvalue weighted by atomic mass is 10.0. The van der Waals surface area contributed by atoms with Crippen molar-refractivity contribution in [2.24, 2.45) is 0 Å². The van der Waals surface area contributed by atoms with Gasteiger partial charge in [-0.25, -0.2) is 9.78 Å². The second kappa shape index (κ2) is 9.73. The van der Waals surface area contributed by atoms with Crippen molar-refractivity contribution in [3.63, 3.8) is 0 Å². The van der Waals surface area contributed by atoms with E-state index >= 15 is 0 Å². The third kappa shape index (κ3) is 5.45. The van der Waals surface area contributed by atoms with Crippen LogP contribution in [0.5, 0.6) is 0 Å². The van der Waals surface area contributed by atoms with E-state index < -0.39 is 6.04 Å². The predicted molar refractivity (Wildman–Crippen MR) is 107 cm³/mol. The third-order valence-corrected chi connectivity index (χ3v) is 4.91. The van der Waals surface area contributed by atoms with Crippen molar-refractivity contribution >= 4 is 17.8 Å². The molecular weight excluding hydrogens is 356 g/mol. The average Bonchev–Trinajstić information content (AvgIpc) is 2.75. The Bertz CT molecular complexity index is 762. The highest BCUT2D eigenvalue weighted by Crippen LogP contribution is 2.19. The minimum atomic E-state index is -0.428. The number of benzene rings is 1. The molecule has 1 aromatic carbocycles. The highest BCUT2D eigenvalue weighted by Gasteiger charge is 2.24. The number of carbonyl (C=O) groups excluding carboxylic acids is 2. The monoisotopic (exact) mass is 382 g/mol. The van der Waals surface area contributed by atoms with Crippen molar-refractivity contribution in [1.82, 2.24) is 15.6 Å². The van der Waals surface area contributed by atoms with Crippen molar-refractivity contribution < 1.29 is 14.3 Å². The zero-order valence-corrected chi connectivity index (χ0v) is 16.0. The highest BCUT2D eigenvalue weighted by molar-refractivity contribution is 5.77. The summed E-state index contributed by atoms with van der Waals surface area (Å²) in [6, 6.07) is 14.7. The number of ether oxygens (including phenoxy) is 1. The lowest BCUT2D eigenvalue weighted by molar-refractivity contribution is -0.141. The van der Waals surface area contributed by atoms with Crippen molar-refractivity contribution in [3.8, 4) is 0 Å². The van der Waals surface area contributed by atoms with Gasteiger partial charge in [0.05, 0.1) is 19.6 Å².